The molecule has 0 aliphatic heterocycles. The Balaban J connectivity index is 3.19. The highest BCUT2D eigenvalue weighted by molar-refractivity contribution is 5.86. The average molecular weight is 258 g/mol. The summed E-state index contributed by atoms with van der Waals surface area (Å²) in [5.74, 6) is -0.570. The lowest BCUT2D eigenvalue weighted by Gasteiger charge is -2.05. The van der Waals surface area contributed by atoms with E-state index in [1.54, 1.807) is 6.92 Å². The smallest absolute Gasteiger partial charge is 0.333 e. The molecule has 5 nitrogen and oxygen atoms in total. The Bertz CT molecular complexity index is 273. The molecule has 0 heterocycles. The van der Waals surface area contributed by atoms with Gasteiger partial charge in [-0.15, -0.1) is 0 Å². The molecule has 0 unspecified atom stereocenters. The molecule has 0 fully saturated rings. The molecule has 104 valence electrons. The fourth-order valence-electron chi connectivity index (χ4n) is 1.17. The van der Waals surface area contributed by atoms with Crippen molar-refractivity contribution in [3.8, 4) is 0 Å². The average Bonchev–Trinajstić information content (AvgIpc) is 2.35. The van der Waals surface area contributed by atoms with Crippen LogP contribution in [0.15, 0.2) is 12.2 Å². The van der Waals surface area contributed by atoms with Crippen molar-refractivity contribution in [2.45, 2.75) is 32.6 Å². The summed E-state index contributed by atoms with van der Waals surface area (Å²) in [6.45, 7) is 6.31. The van der Waals surface area contributed by atoms with E-state index in [1.807, 2.05) is 0 Å². The molecular formula is C13H22O5. The third-order valence-electron chi connectivity index (χ3n) is 2.21. The monoisotopic (exact) mass is 258 g/mol. The van der Waals surface area contributed by atoms with E-state index < -0.39 is 5.97 Å². The second-order valence-corrected chi connectivity index (χ2v) is 3.92. The minimum atomic E-state index is -0.392. The summed E-state index contributed by atoms with van der Waals surface area (Å²) in [5, 5.41) is 0. The van der Waals surface area contributed by atoms with Crippen LogP contribution in [0.25, 0.3) is 0 Å². The number of carbonyl (C=O) groups is 2. The van der Waals surface area contributed by atoms with Gasteiger partial charge in [0.2, 0.25) is 0 Å². The van der Waals surface area contributed by atoms with Gasteiger partial charge in [-0.05, 0) is 19.8 Å². The quantitative estimate of drug-likeness (QED) is 0.340. The third kappa shape index (κ3) is 9.84. The summed E-state index contributed by atoms with van der Waals surface area (Å²) in [7, 11) is 1.39. The molecule has 0 amide bonds. The van der Waals surface area contributed by atoms with Crippen molar-refractivity contribution in [1.29, 1.82) is 0 Å². The lowest BCUT2D eigenvalue weighted by atomic mass is 10.2. The van der Waals surface area contributed by atoms with Gasteiger partial charge in [-0.25, -0.2) is 4.79 Å². The maximum absolute atomic E-state index is 11.0. The van der Waals surface area contributed by atoms with Gasteiger partial charge in [0.15, 0.2) is 0 Å². The second kappa shape index (κ2) is 10.8. The predicted molar refractivity (Wildman–Crippen MR) is 67.1 cm³/mol. The van der Waals surface area contributed by atoms with Gasteiger partial charge in [-0.2, -0.15) is 0 Å². The fourth-order valence-corrected chi connectivity index (χ4v) is 1.17. The number of carbonyl (C=O) groups excluding carboxylic acids is 2. The summed E-state index contributed by atoms with van der Waals surface area (Å²) >= 11 is 0. The van der Waals surface area contributed by atoms with E-state index in [-0.39, 0.29) is 12.6 Å². The van der Waals surface area contributed by atoms with Crippen molar-refractivity contribution in [2.75, 3.05) is 26.9 Å². The molecule has 0 aromatic rings. The predicted octanol–water partition coefficient (Wildman–Crippen LogP) is 1.86. The molecule has 0 aliphatic carbocycles. The number of hydrogen-bond acceptors (Lipinski definition) is 5. The van der Waals surface area contributed by atoms with Crippen molar-refractivity contribution < 1.29 is 23.8 Å². The van der Waals surface area contributed by atoms with Crippen molar-refractivity contribution in [1.82, 2.24) is 0 Å². The summed E-state index contributed by atoms with van der Waals surface area (Å²) < 4.78 is 14.7. The van der Waals surface area contributed by atoms with Crippen molar-refractivity contribution in [2.24, 2.45) is 0 Å². The Kier molecular flexibility index (Phi) is 9.96. The summed E-state index contributed by atoms with van der Waals surface area (Å²) in [6.07, 6.45) is 3.06. The first-order chi connectivity index (χ1) is 8.57. The first kappa shape index (κ1) is 16.6. The number of methoxy groups -OCH3 is 1. The normalized spacial score (nSPS) is 9.89. The van der Waals surface area contributed by atoms with Crippen LogP contribution in [-0.2, 0) is 23.8 Å². The topological polar surface area (TPSA) is 61.8 Å². The number of esters is 2. The van der Waals surface area contributed by atoms with Crippen LogP contribution in [0.5, 0.6) is 0 Å². The molecule has 5 heteroatoms. The maximum Gasteiger partial charge on any atom is 0.333 e. The van der Waals surface area contributed by atoms with Crippen molar-refractivity contribution >= 4 is 11.9 Å². The zero-order chi connectivity index (χ0) is 13.8. The minimum absolute atomic E-state index is 0.178. The van der Waals surface area contributed by atoms with E-state index in [1.165, 1.54) is 7.11 Å². The van der Waals surface area contributed by atoms with E-state index in [0.29, 0.717) is 25.2 Å². The second-order valence-electron chi connectivity index (χ2n) is 3.92. The van der Waals surface area contributed by atoms with E-state index in [4.69, 9.17) is 9.47 Å². The Morgan fingerprint density at radius 3 is 2.39 bits per heavy atom. The third-order valence-corrected chi connectivity index (χ3v) is 2.21. The van der Waals surface area contributed by atoms with E-state index >= 15 is 0 Å². The number of rotatable bonds is 10. The molecule has 0 radical (unpaired) electrons. The van der Waals surface area contributed by atoms with Gasteiger partial charge >= 0.3 is 11.9 Å². The highest BCUT2D eigenvalue weighted by Crippen LogP contribution is 2.01. The molecule has 0 atom stereocenters. The lowest BCUT2D eigenvalue weighted by Crippen LogP contribution is -2.11. The first-order valence-corrected chi connectivity index (χ1v) is 6.05. The molecule has 0 spiro atoms. The van der Waals surface area contributed by atoms with Crippen LogP contribution in [-0.4, -0.2) is 38.9 Å². The number of hydrogen-bond donors (Lipinski definition) is 0. The Labute approximate surface area is 108 Å². The van der Waals surface area contributed by atoms with Gasteiger partial charge in [-0.1, -0.05) is 13.0 Å². The summed E-state index contributed by atoms with van der Waals surface area (Å²) in [4.78, 5) is 21.8. The molecule has 0 saturated heterocycles. The zero-order valence-electron chi connectivity index (χ0n) is 11.2. The molecule has 0 aromatic heterocycles. The van der Waals surface area contributed by atoms with Gasteiger partial charge in [-0.3, -0.25) is 4.79 Å². The van der Waals surface area contributed by atoms with Crippen LogP contribution in [0.4, 0.5) is 0 Å². The van der Waals surface area contributed by atoms with Gasteiger partial charge in [0, 0.05) is 18.6 Å². The molecular weight excluding hydrogens is 236 g/mol. The van der Waals surface area contributed by atoms with Gasteiger partial charge in [0.1, 0.15) is 6.61 Å². The van der Waals surface area contributed by atoms with Gasteiger partial charge in [0.25, 0.3) is 0 Å². The standard InChI is InChI=1S/C13H22O5/c1-11(2)13(15)18-10-9-17-8-6-4-5-7-12(14)16-3/h1,4-10H2,2-3H3. The molecule has 0 aromatic carbocycles. The highest BCUT2D eigenvalue weighted by Gasteiger charge is 2.02. The highest BCUT2D eigenvalue weighted by atomic mass is 16.6. The summed E-state index contributed by atoms with van der Waals surface area (Å²) in [6, 6.07) is 0. The van der Waals surface area contributed by atoms with Crippen molar-refractivity contribution in [3.05, 3.63) is 12.2 Å². The van der Waals surface area contributed by atoms with E-state index in [2.05, 4.69) is 11.3 Å². The SMILES string of the molecule is C=C(C)C(=O)OCCOCCCCCC(=O)OC. The molecule has 0 saturated carbocycles. The maximum atomic E-state index is 11.0. The zero-order valence-corrected chi connectivity index (χ0v) is 11.2. The Hall–Kier alpha value is -1.36. The van der Waals surface area contributed by atoms with Crippen LogP contribution >= 0.6 is 0 Å². The van der Waals surface area contributed by atoms with Crippen LogP contribution in [0, 0.1) is 0 Å². The van der Waals surface area contributed by atoms with Crippen LogP contribution in [0.2, 0.25) is 0 Å². The van der Waals surface area contributed by atoms with Crippen molar-refractivity contribution in [3.63, 3.8) is 0 Å². The fraction of sp³-hybridized carbons (Fsp3) is 0.692. The van der Waals surface area contributed by atoms with Crippen LogP contribution in [0.1, 0.15) is 32.6 Å². The molecule has 0 aliphatic rings. The molecule has 0 rings (SSSR count). The first-order valence-electron chi connectivity index (χ1n) is 6.05. The molecule has 18 heavy (non-hydrogen) atoms. The molecule has 0 N–H and O–H groups in total. The Morgan fingerprint density at radius 2 is 1.78 bits per heavy atom. The van der Waals surface area contributed by atoms with Crippen LogP contribution < -0.4 is 0 Å². The number of ether oxygens (including phenoxy) is 3. The van der Waals surface area contributed by atoms with Gasteiger partial charge in [0.05, 0.1) is 13.7 Å². The minimum Gasteiger partial charge on any atom is -0.469 e. The van der Waals surface area contributed by atoms with E-state index in [0.717, 1.165) is 19.3 Å². The largest absolute Gasteiger partial charge is 0.469 e. The van der Waals surface area contributed by atoms with Gasteiger partial charge < -0.3 is 14.2 Å². The Morgan fingerprint density at radius 1 is 1.06 bits per heavy atom. The van der Waals surface area contributed by atoms with E-state index in [9.17, 15) is 9.59 Å². The summed E-state index contributed by atoms with van der Waals surface area (Å²) in [5.41, 5.74) is 0.387. The molecule has 0 bridgehead atoms. The number of unbranched alkanes of at least 4 members (excludes halogenated alkanes) is 2. The van der Waals surface area contributed by atoms with Crippen LogP contribution in [0.3, 0.4) is 0 Å². The lowest BCUT2D eigenvalue weighted by molar-refractivity contribution is -0.141.